The van der Waals surface area contributed by atoms with Crippen LogP contribution in [0.15, 0.2) is 30.5 Å². The third-order valence-corrected chi connectivity index (χ3v) is 8.08. The van der Waals surface area contributed by atoms with Crippen LogP contribution in [0, 0.1) is 11.2 Å². The number of halogens is 1. The Balaban J connectivity index is 1.19. The van der Waals surface area contributed by atoms with E-state index in [1.165, 1.54) is 31.4 Å². The van der Waals surface area contributed by atoms with Crippen LogP contribution in [-0.4, -0.2) is 64.9 Å². The number of nitrogens with zero attached hydrogens (tertiary/aromatic N) is 4. The molecule has 31 heavy (non-hydrogen) atoms. The van der Waals surface area contributed by atoms with Gasteiger partial charge in [0.25, 0.3) is 5.91 Å². The topological polar surface area (TPSA) is 39.7 Å². The lowest BCUT2D eigenvalue weighted by Crippen LogP contribution is -2.44. The first-order valence-electron chi connectivity index (χ1n) is 11.5. The average Bonchev–Trinajstić information content (AvgIpc) is 3.52. The number of hydrogen-bond donors (Lipinski definition) is 0. The summed E-state index contributed by atoms with van der Waals surface area (Å²) in [6.45, 7) is 7.77. The number of thiazole rings is 1. The first-order valence-corrected chi connectivity index (χ1v) is 12.3. The lowest BCUT2D eigenvalue weighted by atomic mass is 9.79. The maximum atomic E-state index is 13.2. The van der Waals surface area contributed by atoms with E-state index in [0.717, 1.165) is 80.6 Å². The van der Waals surface area contributed by atoms with Gasteiger partial charge in [0.2, 0.25) is 0 Å². The van der Waals surface area contributed by atoms with Gasteiger partial charge in [0.1, 0.15) is 15.7 Å². The van der Waals surface area contributed by atoms with Gasteiger partial charge in [0, 0.05) is 31.6 Å². The predicted octanol–water partition coefficient (Wildman–Crippen LogP) is 4.01. The molecule has 1 spiro atoms. The highest BCUT2D eigenvalue weighted by atomic mass is 32.1. The molecule has 0 aliphatic carbocycles. The maximum Gasteiger partial charge on any atom is 0.265 e. The summed E-state index contributed by atoms with van der Waals surface area (Å²) in [6.07, 6.45) is 7.73. The van der Waals surface area contributed by atoms with Crippen LogP contribution in [0.25, 0.3) is 0 Å². The molecule has 3 saturated heterocycles. The fraction of sp³-hybridized carbons (Fsp3) is 0.583. The van der Waals surface area contributed by atoms with E-state index >= 15 is 0 Å². The van der Waals surface area contributed by atoms with E-state index in [-0.39, 0.29) is 17.1 Å². The molecule has 0 saturated carbocycles. The largest absolute Gasteiger partial charge is 0.337 e. The van der Waals surface area contributed by atoms with Crippen LogP contribution >= 0.6 is 11.3 Å². The van der Waals surface area contributed by atoms with Gasteiger partial charge in [-0.1, -0.05) is 12.1 Å². The zero-order valence-electron chi connectivity index (χ0n) is 18.1. The highest BCUT2D eigenvalue weighted by molar-refractivity contribution is 7.13. The van der Waals surface area contributed by atoms with Gasteiger partial charge in [-0.25, -0.2) is 9.37 Å². The fourth-order valence-electron chi connectivity index (χ4n) is 5.50. The Kier molecular flexibility index (Phi) is 6.08. The van der Waals surface area contributed by atoms with Gasteiger partial charge in [0.05, 0.1) is 12.7 Å². The maximum absolute atomic E-state index is 13.2. The second-order valence-electron chi connectivity index (χ2n) is 9.52. The first kappa shape index (κ1) is 21.0. The van der Waals surface area contributed by atoms with Crippen LogP contribution in [0.2, 0.25) is 0 Å². The monoisotopic (exact) mass is 442 g/mol. The number of piperidine rings is 1. The summed E-state index contributed by atoms with van der Waals surface area (Å²) < 4.78 is 13.2. The smallest absolute Gasteiger partial charge is 0.265 e. The molecule has 3 fully saturated rings. The molecule has 4 heterocycles. The molecular weight excluding hydrogens is 411 g/mol. The molecule has 7 heteroatoms. The molecule has 0 radical (unpaired) electrons. The van der Waals surface area contributed by atoms with Crippen LogP contribution in [0.3, 0.4) is 0 Å². The molecule has 0 N–H and O–H groups in total. The first-order chi connectivity index (χ1) is 15.1. The van der Waals surface area contributed by atoms with Crippen molar-refractivity contribution < 1.29 is 9.18 Å². The van der Waals surface area contributed by atoms with Crippen LogP contribution in [0.5, 0.6) is 0 Å². The number of amides is 1. The molecule has 2 aromatic rings. The molecule has 1 aromatic heterocycles. The third kappa shape index (κ3) is 4.83. The third-order valence-electron chi connectivity index (χ3n) is 7.11. The van der Waals surface area contributed by atoms with E-state index in [0.29, 0.717) is 0 Å². The lowest BCUT2D eigenvalue weighted by Gasteiger charge is -2.40. The molecule has 5 nitrogen and oxygen atoms in total. The zero-order chi connectivity index (χ0) is 21.3. The Bertz CT molecular complexity index is 911. The van der Waals surface area contributed by atoms with E-state index < -0.39 is 0 Å². The van der Waals surface area contributed by atoms with Crippen molar-refractivity contribution in [2.45, 2.75) is 45.2 Å². The second kappa shape index (κ2) is 8.96. The number of carbonyl (C=O) groups excluding carboxylic acids is 1. The summed E-state index contributed by atoms with van der Waals surface area (Å²) in [5, 5.41) is 1.06. The minimum atomic E-state index is -0.185. The Labute approximate surface area is 187 Å². The van der Waals surface area contributed by atoms with Crippen molar-refractivity contribution in [2.75, 3.05) is 39.3 Å². The summed E-state index contributed by atoms with van der Waals surface area (Å²) in [5.41, 5.74) is 1.34. The molecule has 0 bridgehead atoms. The van der Waals surface area contributed by atoms with Crippen LogP contribution < -0.4 is 0 Å². The van der Waals surface area contributed by atoms with Crippen molar-refractivity contribution in [1.29, 1.82) is 0 Å². The SMILES string of the molecule is O=C(c1cnc(CN2CCCC2)s1)N1CC[C@@]2(CCCN(Cc3ccc(F)cc3)C2)C1. The molecule has 166 valence electrons. The summed E-state index contributed by atoms with van der Waals surface area (Å²) in [7, 11) is 0. The number of carbonyl (C=O) groups is 1. The molecule has 1 aromatic carbocycles. The van der Waals surface area contributed by atoms with E-state index in [1.807, 2.05) is 12.1 Å². The van der Waals surface area contributed by atoms with Crippen molar-refractivity contribution in [2.24, 2.45) is 5.41 Å². The zero-order valence-corrected chi connectivity index (χ0v) is 18.9. The number of hydrogen-bond acceptors (Lipinski definition) is 5. The van der Waals surface area contributed by atoms with Crippen LogP contribution in [0.4, 0.5) is 4.39 Å². The quantitative estimate of drug-likeness (QED) is 0.702. The molecule has 5 rings (SSSR count). The summed E-state index contributed by atoms with van der Waals surface area (Å²) in [4.78, 5) is 25.4. The number of aromatic nitrogens is 1. The highest BCUT2D eigenvalue weighted by Gasteiger charge is 2.43. The summed E-state index contributed by atoms with van der Waals surface area (Å²) in [6, 6.07) is 6.84. The van der Waals surface area contributed by atoms with Crippen molar-refractivity contribution in [3.05, 3.63) is 51.7 Å². The second-order valence-corrected chi connectivity index (χ2v) is 10.6. The standard InChI is InChI=1S/C24H31FN4OS/c25-20-6-4-19(5-7-20)15-28-12-3-8-24(17-28)9-13-29(18-24)23(30)21-14-26-22(31-21)16-27-10-1-2-11-27/h4-7,14H,1-3,8-13,15-18H2/t24-/m1/s1. The van der Waals surface area contributed by atoms with Gasteiger partial charge in [-0.3, -0.25) is 14.6 Å². The fourth-order valence-corrected chi connectivity index (χ4v) is 6.43. The molecule has 1 atom stereocenters. The van der Waals surface area contributed by atoms with Crippen LogP contribution in [0.1, 0.15) is 52.3 Å². The van der Waals surface area contributed by atoms with Gasteiger partial charge < -0.3 is 4.90 Å². The van der Waals surface area contributed by atoms with E-state index in [4.69, 9.17) is 0 Å². The minimum absolute atomic E-state index is 0.151. The highest BCUT2D eigenvalue weighted by Crippen LogP contribution is 2.40. The van der Waals surface area contributed by atoms with Gasteiger partial charge in [-0.15, -0.1) is 11.3 Å². The predicted molar refractivity (Wildman–Crippen MR) is 120 cm³/mol. The van der Waals surface area contributed by atoms with Crippen molar-refractivity contribution in [3.8, 4) is 0 Å². The molecule has 1 amide bonds. The van der Waals surface area contributed by atoms with E-state index in [9.17, 15) is 9.18 Å². The number of likely N-dealkylation sites (tertiary alicyclic amines) is 3. The van der Waals surface area contributed by atoms with Crippen LogP contribution in [-0.2, 0) is 13.1 Å². The Morgan fingerprint density at radius 3 is 2.55 bits per heavy atom. The van der Waals surface area contributed by atoms with Gasteiger partial charge in [0.15, 0.2) is 0 Å². The van der Waals surface area contributed by atoms with Gasteiger partial charge in [-0.2, -0.15) is 0 Å². The van der Waals surface area contributed by atoms with E-state index in [2.05, 4.69) is 19.7 Å². The minimum Gasteiger partial charge on any atom is -0.337 e. The van der Waals surface area contributed by atoms with Gasteiger partial charge >= 0.3 is 0 Å². The molecule has 3 aliphatic rings. The molecular formula is C24H31FN4OS. The van der Waals surface area contributed by atoms with Gasteiger partial charge in [-0.05, 0) is 69.4 Å². The molecule has 0 unspecified atom stereocenters. The Morgan fingerprint density at radius 2 is 1.74 bits per heavy atom. The summed E-state index contributed by atoms with van der Waals surface area (Å²) in [5.74, 6) is -0.0341. The van der Waals surface area contributed by atoms with E-state index in [1.54, 1.807) is 17.5 Å². The number of rotatable bonds is 5. The Hall–Kier alpha value is -1.83. The lowest BCUT2D eigenvalue weighted by molar-refractivity contribution is 0.0679. The Morgan fingerprint density at radius 1 is 0.968 bits per heavy atom. The molecule has 3 aliphatic heterocycles. The van der Waals surface area contributed by atoms with Crippen molar-refractivity contribution in [3.63, 3.8) is 0 Å². The number of benzene rings is 1. The van der Waals surface area contributed by atoms with Crippen molar-refractivity contribution in [1.82, 2.24) is 19.7 Å². The summed E-state index contributed by atoms with van der Waals surface area (Å²) >= 11 is 1.57. The normalized spacial score (nSPS) is 25.0. The average molecular weight is 443 g/mol. The van der Waals surface area contributed by atoms with Crippen molar-refractivity contribution >= 4 is 17.2 Å².